The van der Waals surface area contributed by atoms with Gasteiger partial charge in [-0.25, -0.2) is 8.78 Å². The minimum atomic E-state index is -0.801. The van der Waals surface area contributed by atoms with Crippen molar-refractivity contribution in [1.82, 2.24) is 4.90 Å². The highest BCUT2D eigenvalue weighted by molar-refractivity contribution is 9.10. The third-order valence-electron chi connectivity index (χ3n) is 3.15. The van der Waals surface area contributed by atoms with Crippen molar-refractivity contribution < 1.29 is 8.78 Å². The molecule has 1 heterocycles. The largest absolute Gasteiger partial charge is 0.296 e. The summed E-state index contributed by atoms with van der Waals surface area (Å²) in [6, 6.07) is 3.01. The zero-order chi connectivity index (χ0) is 11.7. The van der Waals surface area contributed by atoms with Crippen LogP contribution in [0.1, 0.15) is 25.3 Å². The van der Waals surface area contributed by atoms with Crippen LogP contribution in [-0.4, -0.2) is 17.5 Å². The molecule has 0 aromatic heterocycles. The van der Waals surface area contributed by atoms with Gasteiger partial charge in [0.1, 0.15) is 0 Å². The molecule has 16 heavy (non-hydrogen) atoms. The molecule has 88 valence electrons. The molecule has 0 saturated carbocycles. The molecule has 0 bridgehead atoms. The summed E-state index contributed by atoms with van der Waals surface area (Å²) in [6.07, 6.45) is 2.36. The van der Waals surface area contributed by atoms with Crippen molar-refractivity contribution in [3.63, 3.8) is 0 Å². The van der Waals surface area contributed by atoms with Crippen molar-refractivity contribution in [3.8, 4) is 0 Å². The number of halogens is 3. The molecule has 2 rings (SSSR count). The van der Waals surface area contributed by atoms with E-state index in [1.807, 2.05) is 0 Å². The second-order valence-electron chi connectivity index (χ2n) is 4.32. The van der Waals surface area contributed by atoms with E-state index in [2.05, 4.69) is 27.8 Å². The summed E-state index contributed by atoms with van der Waals surface area (Å²) in [5.74, 6) is -1.57. The van der Waals surface area contributed by atoms with Gasteiger partial charge in [0.25, 0.3) is 0 Å². The van der Waals surface area contributed by atoms with Crippen molar-refractivity contribution >= 4 is 15.9 Å². The molecule has 1 fully saturated rings. The zero-order valence-corrected chi connectivity index (χ0v) is 10.7. The predicted molar refractivity (Wildman–Crippen MR) is 63.2 cm³/mol. The van der Waals surface area contributed by atoms with Crippen molar-refractivity contribution in [3.05, 3.63) is 33.8 Å². The van der Waals surface area contributed by atoms with Gasteiger partial charge in [0.05, 0.1) is 0 Å². The summed E-state index contributed by atoms with van der Waals surface area (Å²) in [7, 11) is 0. The summed E-state index contributed by atoms with van der Waals surface area (Å²) in [5, 5.41) is 0. The van der Waals surface area contributed by atoms with Crippen LogP contribution >= 0.6 is 15.9 Å². The second-order valence-corrected chi connectivity index (χ2v) is 5.17. The van der Waals surface area contributed by atoms with Crippen LogP contribution in [0.25, 0.3) is 0 Å². The third-order valence-corrected chi connectivity index (χ3v) is 3.89. The Bertz CT molecular complexity index is 395. The lowest BCUT2D eigenvalue weighted by atomic mass is 10.2. The van der Waals surface area contributed by atoms with Gasteiger partial charge in [-0.3, -0.25) is 4.90 Å². The lowest BCUT2D eigenvalue weighted by Gasteiger charge is -2.21. The first-order valence-corrected chi connectivity index (χ1v) is 6.24. The Morgan fingerprint density at radius 3 is 2.69 bits per heavy atom. The Kier molecular flexibility index (Phi) is 3.60. The lowest BCUT2D eigenvalue weighted by molar-refractivity contribution is 0.259. The van der Waals surface area contributed by atoms with E-state index in [0.29, 0.717) is 17.1 Å². The quantitative estimate of drug-likeness (QED) is 0.750. The topological polar surface area (TPSA) is 3.24 Å². The van der Waals surface area contributed by atoms with E-state index in [1.54, 1.807) is 0 Å². The van der Waals surface area contributed by atoms with E-state index < -0.39 is 11.6 Å². The molecule has 1 aromatic rings. The fourth-order valence-electron chi connectivity index (χ4n) is 2.13. The highest BCUT2D eigenvalue weighted by Crippen LogP contribution is 2.25. The van der Waals surface area contributed by atoms with Crippen molar-refractivity contribution in [2.24, 2.45) is 0 Å². The van der Waals surface area contributed by atoms with E-state index in [4.69, 9.17) is 0 Å². The van der Waals surface area contributed by atoms with Crippen LogP contribution in [0.3, 0.4) is 0 Å². The Hall–Kier alpha value is -0.480. The Morgan fingerprint density at radius 1 is 1.38 bits per heavy atom. The third kappa shape index (κ3) is 2.43. The van der Waals surface area contributed by atoms with E-state index in [0.717, 1.165) is 12.1 Å². The van der Waals surface area contributed by atoms with Crippen molar-refractivity contribution in [2.45, 2.75) is 32.4 Å². The smallest absolute Gasteiger partial charge is 0.159 e. The molecule has 1 atom stereocenters. The summed E-state index contributed by atoms with van der Waals surface area (Å²) >= 11 is 3.28. The first kappa shape index (κ1) is 12.0. The van der Waals surface area contributed by atoms with E-state index in [9.17, 15) is 8.78 Å². The van der Waals surface area contributed by atoms with Crippen LogP contribution in [0.5, 0.6) is 0 Å². The van der Waals surface area contributed by atoms with Crippen LogP contribution in [-0.2, 0) is 6.54 Å². The molecule has 1 aromatic carbocycles. The molecule has 4 heteroatoms. The molecule has 0 N–H and O–H groups in total. The molecule has 0 spiro atoms. The molecule has 1 aliphatic rings. The first-order chi connectivity index (χ1) is 7.58. The Balaban J connectivity index is 2.18. The van der Waals surface area contributed by atoms with Crippen molar-refractivity contribution in [1.29, 1.82) is 0 Å². The maximum atomic E-state index is 13.1. The molecule has 0 amide bonds. The minimum absolute atomic E-state index is 0.528. The van der Waals surface area contributed by atoms with Crippen LogP contribution in [0.15, 0.2) is 16.6 Å². The SMILES string of the molecule is C[C@@H]1CCCN1Cc1cc(F)c(F)cc1Br. The average Bonchev–Trinajstić information content (AvgIpc) is 2.61. The molecular formula is C12H14BrF2N. The molecule has 0 radical (unpaired) electrons. The summed E-state index contributed by atoms with van der Waals surface area (Å²) in [5.41, 5.74) is 0.813. The normalized spacial score (nSPS) is 21.6. The van der Waals surface area contributed by atoms with Crippen molar-refractivity contribution in [2.75, 3.05) is 6.54 Å². The Morgan fingerprint density at radius 2 is 2.06 bits per heavy atom. The lowest BCUT2D eigenvalue weighted by Crippen LogP contribution is -2.26. The monoisotopic (exact) mass is 289 g/mol. The maximum absolute atomic E-state index is 13.1. The van der Waals surface area contributed by atoms with Gasteiger partial charge in [0, 0.05) is 17.1 Å². The molecule has 1 nitrogen and oxygen atoms in total. The fourth-order valence-corrected chi connectivity index (χ4v) is 2.57. The highest BCUT2D eigenvalue weighted by atomic mass is 79.9. The number of benzene rings is 1. The first-order valence-electron chi connectivity index (χ1n) is 5.45. The van der Waals surface area contributed by atoms with E-state index in [1.165, 1.54) is 25.0 Å². The van der Waals surface area contributed by atoms with Gasteiger partial charge in [-0.15, -0.1) is 0 Å². The van der Waals surface area contributed by atoms with Crippen LogP contribution < -0.4 is 0 Å². The van der Waals surface area contributed by atoms with Gasteiger partial charge in [-0.05, 0) is 44.0 Å². The standard InChI is InChI=1S/C12H14BrF2N/c1-8-3-2-4-16(8)7-9-5-11(14)12(15)6-10(9)13/h5-6,8H,2-4,7H2,1H3/t8-/m1/s1. The number of nitrogens with zero attached hydrogens (tertiary/aromatic N) is 1. The summed E-state index contributed by atoms with van der Waals surface area (Å²) < 4.78 is 26.7. The van der Waals surface area contributed by atoms with Gasteiger partial charge < -0.3 is 0 Å². The predicted octanol–water partition coefficient (Wildman–Crippen LogP) is 3.71. The van der Waals surface area contributed by atoms with E-state index in [-0.39, 0.29) is 0 Å². The van der Waals surface area contributed by atoms with Gasteiger partial charge in [0.15, 0.2) is 11.6 Å². The summed E-state index contributed by atoms with van der Waals surface area (Å²) in [4.78, 5) is 2.29. The molecule has 0 aliphatic carbocycles. The summed E-state index contributed by atoms with van der Waals surface area (Å²) in [6.45, 7) is 3.88. The average molecular weight is 290 g/mol. The van der Waals surface area contributed by atoms with Gasteiger partial charge in [0.2, 0.25) is 0 Å². The Labute approximate surface area is 103 Å². The van der Waals surface area contributed by atoms with Gasteiger partial charge >= 0.3 is 0 Å². The number of hydrogen-bond donors (Lipinski definition) is 0. The van der Waals surface area contributed by atoms with Crippen LogP contribution in [0.2, 0.25) is 0 Å². The van der Waals surface area contributed by atoms with Crippen LogP contribution in [0.4, 0.5) is 8.78 Å². The van der Waals surface area contributed by atoms with E-state index >= 15 is 0 Å². The van der Waals surface area contributed by atoms with Crippen LogP contribution in [0, 0.1) is 11.6 Å². The zero-order valence-electron chi connectivity index (χ0n) is 9.14. The number of rotatable bonds is 2. The molecule has 1 saturated heterocycles. The molecule has 1 aliphatic heterocycles. The minimum Gasteiger partial charge on any atom is -0.296 e. The van der Waals surface area contributed by atoms with Gasteiger partial charge in [-0.1, -0.05) is 15.9 Å². The highest BCUT2D eigenvalue weighted by Gasteiger charge is 2.21. The number of likely N-dealkylation sites (tertiary alicyclic amines) is 1. The maximum Gasteiger partial charge on any atom is 0.159 e. The second kappa shape index (κ2) is 4.80. The fraction of sp³-hybridized carbons (Fsp3) is 0.500. The number of hydrogen-bond acceptors (Lipinski definition) is 1. The van der Waals surface area contributed by atoms with Gasteiger partial charge in [-0.2, -0.15) is 0 Å². The molecular weight excluding hydrogens is 276 g/mol. The molecule has 0 unspecified atom stereocenters.